The molecule has 5 rings (SSSR count). The van der Waals surface area contributed by atoms with Crippen LogP contribution in [0.15, 0.2) is 53.4 Å². The van der Waals surface area contributed by atoms with Crippen molar-refractivity contribution in [3.63, 3.8) is 0 Å². The second-order valence-corrected chi connectivity index (χ2v) is 13.2. The van der Waals surface area contributed by atoms with E-state index in [1.807, 2.05) is 32.0 Å². The van der Waals surface area contributed by atoms with Crippen molar-refractivity contribution in [3.05, 3.63) is 65.2 Å². The first-order valence-corrected chi connectivity index (χ1v) is 15.6. The number of carbonyl (C=O) groups excluding carboxylic acids is 2. The average Bonchev–Trinajstić information content (AvgIpc) is 3.37. The summed E-state index contributed by atoms with van der Waals surface area (Å²) in [6.45, 7) is 5.56. The van der Waals surface area contributed by atoms with Gasteiger partial charge in [-0.3, -0.25) is 9.59 Å². The van der Waals surface area contributed by atoms with Crippen molar-refractivity contribution in [1.29, 1.82) is 0 Å². The number of carbonyl (C=O) groups is 2. The number of amides is 2. The van der Waals surface area contributed by atoms with Crippen molar-refractivity contribution in [2.75, 3.05) is 13.1 Å². The van der Waals surface area contributed by atoms with Crippen LogP contribution in [-0.2, 0) is 38.8 Å². The molecule has 2 saturated heterocycles. The fourth-order valence-electron chi connectivity index (χ4n) is 6.67. The Morgan fingerprint density at radius 2 is 1.53 bits per heavy atom. The van der Waals surface area contributed by atoms with E-state index < -0.39 is 27.2 Å². The smallest absolute Gasteiger partial charge is 0.246 e. The summed E-state index contributed by atoms with van der Waals surface area (Å²) in [4.78, 5) is 29.8. The Morgan fingerprint density at radius 3 is 2.16 bits per heavy atom. The highest BCUT2D eigenvalue weighted by molar-refractivity contribution is 7.92. The number of piperidine rings is 1. The molecule has 204 valence electrons. The highest BCUT2D eigenvalue weighted by atomic mass is 32.2. The number of sulfone groups is 1. The number of piperazine rings is 1. The summed E-state index contributed by atoms with van der Waals surface area (Å²) in [6.07, 6.45) is 4.15. The molecule has 3 aliphatic rings. The number of hydrogen-bond donors (Lipinski definition) is 2. The molecule has 1 aliphatic carbocycles. The third kappa shape index (κ3) is 5.00. The van der Waals surface area contributed by atoms with Crippen molar-refractivity contribution in [2.45, 2.75) is 81.1 Å². The van der Waals surface area contributed by atoms with Gasteiger partial charge in [0.05, 0.1) is 10.1 Å². The fourth-order valence-corrected chi connectivity index (χ4v) is 8.65. The Morgan fingerprint density at radius 1 is 0.921 bits per heavy atom. The van der Waals surface area contributed by atoms with E-state index >= 15 is 0 Å². The van der Waals surface area contributed by atoms with E-state index in [1.165, 1.54) is 11.1 Å². The van der Waals surface area contributed by atoms with E-state index in [9.17, 15) is 18.0 Å². The van der Waals surface area contributed by atoms with Gasteiger partial charge < -0.3 is 15.5 Å². The van der Waals surface area contributed by atoms with E-state index in [0.29, 0.717) is 36.4 Å². The second-order valence-electron chi connectivity index (χ2n) is 11.0. The number of hydrogen-bond acceptors (Lipinski definition) is 5. The third-order valence-corrected chi connectivity index (χ3v) is 11.2. The van der Waals surface area contributed by atoms with Crippen LogP contribution in [0.5, 0.6) is 0 Å². The van der Waals surface area contributed by atoms with Gasteiger partial charge in [0.2, 0.25) is 11.8 Å². The maximum absolute atomic E-state index is 14.2. The maximum Gasteiger partial charge on any atom is 0.246 e. The molecular formula is C30H39N3O4S. The van der Waals surface area contributed by atoms with Crippen molar-refractivity contribution in [3.8, 4) is 0 Å². The predicted octanol–water partition coefficient (Wildman–Crippen LogP) is 3.26. The summed E-state index contributed by atoms with van der Waals surface area (Å²) in [6, 6.07) is 14.0. The van der Waals surface area contributed by atoms with Crippen molar-refractivity contribution < 1.29 is 18.0 Å². The summed E-state index contributed by atoms with van der Waals surface area (Å²) in [5, 5.41) is 5.90. The number of benzene rings is 2. The minimum Gasteiger partial charge on any atom is -0.342 e. The molecule has 2 fully saturated rings. The molecule has 0 spiro atoms. The topological polar surface area (TPSA) is 95.6 Å². The van der Waals surface area contributed by atoms with Gasteiger partial charge in [-0.25, -0.2) is 8.42 Å². The standard InChI is InChI=1S/C30H39N3O4S/c1-3-20(4-2)28-29(34)32-27(24-17-21-9-5-6-10-22(21)18-24)30(35)33(28)19-23-11-7-8-12-26(23)38(36,37)25-13-15-31-16-14-25/h5-12,20,24-25,27-28,31H,3-4,13-19H2,1-2H3,(H,32,34)/t27-,28-/m1/s1. The van der Waals surface area contributed by atoms with Gasteiger partial charge in [0.1, 0.15) is 12.1 Å². The van der Waals surface area contributed by atoms with E-state index in [4.69, 9.17) is 0 Å². The molecule has 2 atom stereocenters. The Balaban J connectivity index is 1.48. The van der Waals surface area contributed by atoms with Gasteiger partial charge in [-0.1, -0.05) is 69.2 Å². The van der Waals surface area contributed by atoms with Crippen molar-refractivity contribution >= 4 is 21.7 Å². The molecule has 8 heteroatoms. The van der Waals surface area contributed by atoms with Crippen LogP contribution in [0.25, 0.3) is 0 Å². The maximum atomic E-state index is 14.2. The van der Waals surface area contributed by atoms with Gasteiger partial charge in [0.25, 0.3) is 0 Å². The van der Waals surface area contributed by atoms with Crippen LogP contribution in [-0.4, -0.2) is 55.6 Å². The molecule has 7 nitrogen and oxygen atoms in total. The van der Waals surface area contributed by atoms with Gasteiger partial charge in [-0.05, 0) is 73.4 Å². The second kappa shape index (κ2) is 11.2. The minimum absolute atomic E-state index is 0.00568. The Hall–Kier alpha value is -2.71. The van der Waals surface area contributed by atoms with Crippen LogP contribution in [0.2, 0.25) is 0 Å². The molecule has 2 heterocycles. The van der Waals surface area contributed by atoms with Crippen LogP contribution in [0.1, 0.15) is 56.2 Å². The highest BCUT2D eigenvalue weighted by Crippen LogP contribution is 2.34. The lowest BCUT2D eigenvalue weighted by atomic mass is 9.86. The number of nitrogens with zero attached hydrogens (tertiary/aromatic N) is 1. The first-order chi connectivity index (χ1) is 18.3. The largest absolute Gasteiger partial charge is 0.342 e. The molecule has 0 saturated carbocycles. The van der Waals surface area contributed by atoms with Crippen molar-refractivity contribution in [2.24, 2.45) is 11.8 Å². The molecule has 2 aromatic carbocycles. The quantitative estimate of drug-likeness (QED) is 0.539. The summed E-state index contributed by atoms with van der Waals surface area (Å²) >= 11 is 0. The molecule has 0 unspecified atom stereocenters. The van der Waals surface area contributed by atoms with Crippen LogP contribution < -0.4 is 10.6 Å². The first-order valence-electron chi connectivity index (χ1n) is 14.0. The first kappa shape index (κ1) is 26.9. The SMILES string of the molecule is CCC(CC)[C@@H]1C(=O)N[C@H](C2Cc3ccccc3C2)C(=O)N1Cc1ccccc1S(=O)(=O)C1CCNCC1. The van der Waals surface area contributed by atoms with E-state index in [0.717, 1.165) is 25.7 Å². The zero-order valence-corrected chi connectivity index (χ0v) is 23.2. The van der Waals surface area contributed by atoms with Gasteiger partial charge >= 0.3 is 0 Å². The van der Waals surface area contributed by atoms with Crippen LogP contribution >= 0.6 is 0 Å². The average molecular weight is 538 g/mol. The molecule has 2 aromatic rings. The summed E-state index contributed by atoms with van der Waals surface area (Å²) in [7, 11) is -3.57. The number of nitrogens with one attached hydrogen (secondary N) is 2. The molecule has 0 radical (unpaired) electrons. The number of fused-ring (bicyclic) bond motifs is 1. The van der Waals surface area contributed by atoms with E-state index in [2.05, 4.69) is 22.8 Å². The Labute approximate surface area is 226 Å². The molecule has 38 heavy (non-hydrogen) atoms. The fraction of sp³-hybridized carbons (Fsp3) is 0.533. The summed E-state index contributed by atoms with van der Waals surface area (Å²) in [5.74, 6) is -0.247. The third-order valence-electron chi connectivity index (χ3n) is 8.85. The van der Waals surface area contributed by atoms with Gasteiger partial charge in [-0.15, -0.1) is 0 Å². The van der Waals surface area contributed by atoms with Crippen LogP contribution in [0, 0.1) is 11.8 Å². The normalized spacial score (nSPS) is 23.1. The zero-order valence-electron chi connectivity index (χ0n) is 22.4. The molecule has 2 aliphatic heterocycles. The van der Waals surface area contributed by atoms with E-state index in [-0.39, 0.29) is 30.2 Å². The van der Waals surface area contributed by atoms with Crippen molar-refractivity contribution in [1.82, 2.24) is 15.5 Å². The zero-order chi connectivity index (χ0) is 26.9. The van der Waals surface area contributed by atoms with Gasteiger partial charge in [0, 0.05) is 6.54 Å². The lowest BCUT2D eigenvalue weighted by Crippen LogP contribution is -2.66. The molecule has 2 amide bonds. The summed E-state index contributed by atoms with van der Waals surface area (Å²) in [5.41, 5.74) is 3.05. The molecule has 0 aromatic heterocycles. The van der Waals surface area contributed by atoms with Gasteiger partial charge in [-0.2, -0.15) is 0 Å². The van der Waals surface area contributed by atoms with Crippen LogP contribution in [0.4, 0.5) is 0 Å². The monoisotopic (exact) mass is 537 g/mol. The Kier molecular flexibility index (Phi) is 7.91. The minimum atomic E-state index is -3.57. The predicted molar refractivity (Wildman–Crippen MR) is 147 cm³/mol. The number of rotatable bonds is 8. The Bertz CT molecular complexity index is 1260. The van der Waals surface area contributed by atoms with Crippen LogP contribution in [0.3, 0.4) is 0 Å². The highest BCUT2D eigenvalue weighted by Gasteiger charge is 2.47. The lowest BCUT2D eigenvalue weighted by Gasteiger charge is -2.44. The lowest BCUT2D eigenvalue weighted by molar-refractivity contribution is -0.154. The molecular weight excluding hydrogens is 498 g/mol. The molecule has 0 bridgehead atoms. The van der Waals surface area contributed by atoms with Gasteiger partial charge in [0.15, 0.2) is 9.84 Å². The summed E-state index contributed by atoms with van der Waals surface area (Å²) < 4.78 is 27.4. The molecule has 2 N–H and O–H groups in total. The van der Waals surface area contributed by atoms with E-state index in [1.54, 1.807) is 23.1 Å².